The molecule has 3 N–H and O–H groups in total. The molecule has 8 nitrogen and oxygen atoms in total. The number of benzene rings is 2. The number of para-hydroxylation sites is 1. The maximum absolute atomic E-state index is 13.0. The minimum Gasteiger partial charge on any atom is -0.493 e. The van der Waals surface area contributed by atoms with E-state index < -0.39 is 23.8 Å². The van der Waals surface area contributed by atoms with Crippen molar-refractivity contribution in [1.82, 2.24) is 5.32 Å². The van der Waals surface area contributed by atoms with E-state index in [1.165, 1.54) is 14.2 Å². The molecule has 29 heavy (non-hydrogen) atoms. The van der Waals surface area contributed by atoms with Gasteiger partial charge in [0.15, 0.2) is 11.5 Å². The molecule has 2 atom stereocenters. The largest absolute Gasteiger partial charge is 0.493 e. The van der Waals surface area contributed by atoms with Gasteiger partial charge < -0.3 is 25.2 Å². The third-order valence-electron chi connectivity index (χ3n) is 4.82. The Hall–Kier alpha value is -3.55. The molecule has 2 aromatic carbocycles. The molecule has 0 fully saturated rings. The van der Waals surface area contributed by atoms with Crippen molar-refractivity contribution in [3.05, 3.63) is 53.6 Å². The number of fused-ring (bicyclic) bond motifs is 1. The van der Waals surface area contributed by atoms with Crippen molar-refractivity contribution >= 4 is 23.5 Å². The number of hydrogen-bond donors (Lipinski definition) is 3. The Kier molecular flexibility index (Phi) is 6.01. The Labute approximate surface area is 167 Å². The zero-order valence-electron chi connectivity index (χ0n) is 16.1. The van der Waals surface area contributed by atoms with Crippen LogP contribution in [0.3, 0.4) is 0 Å². The van der Waals surface area contributed by atoms with Gasteiger partial charge in [-0.1, -0.05) is 24.3 Å². The molecular formula is C21H22N2O6. The molecule has 0 saturated carbocycles. The highest BCUT2D eigenvalue weighted by Crippen LogP contribution is 2.34. The first kappa shape index (κ1) is 20.2. The summed E-state index contributed by atoms with van der Waals surface area (Å²) in [6.07, 6.45) is -0.323. The zero-order valence-corrected chi connectivity index (χ0v) is 16.1. The Balaban J connectivity index is 1.89. The average molecular weight is 398 g/mol. The Morgan fingerprint density at radius 2 is 1.90 bits per heavy atom. The van der Waals surface area contributed by atoms with Crippen LogP contribution in [0.5, 0.6) is 11.5 Å². The predicted molar refractivity (Wildman–Crippen MR) is 105 cm³/mol. The first-order valence-electron chi connectivity index (χ1n) is 9.05. The van der Waals surface area contributed by atoms with Crippen LogP contribution in [0.1, 0.15) is 35.9 Å². The van der Waals surface area contributed by atoms with Crippen molar-refractivity contribution in [1.29, 1.82) is 0 Å². The van der Waals surface area contributed by atoms with Crippen LogP contribution in [0.2, 0.25) is 0 Å². The lowest BCUT2D eigenvalue weighted by atomic mass is 9.89. The molecule has 1 heterocycles. The van der Waals surface area contributed by atoms with Crippen LogP contribution >= 0.6 is 0 Å². The summed E-state index contributed by atoms with van der Waals surface area (Å²) in [5.74, 6) is -1.51. The van der Waals surface area contributed by atoms with Gasteiger partial charge in [-0.15, -0.1) is 0 Å². The molecule has 1 aliphatic rings. The van der Waals surface area contributed by atoms with Crippen LogP contribution in [-0.4, -0.2) is 37.1 Å². The van der Waals surface area contributed by atoms with Gasteiger partial charge in [0.1, 0.15) is 0 Å². The van der Waals surface area contributed by atoms with Gasteiger partial charge in [-0.3, -0.25) is 14.4 Å². The number of carboxylic acids is 1. The highest BCUT2D eigenvalue weighted by molar-refractivity contribution is 6.01. The summed E-state index contributed by atoms with van der Waals surface area (Å²) in [6, 6.07) is 11.2. The molecule has 152 valence electrons. The molecule has 2 aromatic rings. The van der Waals surface area contributed by atoms with Gasteiger partial charge in [-0.05, 0) is 29.3 Å². The lowest BCUT2D eigenvalue weighted by Gasteiger charge is -2.27. The van der Waals surface area contributed by atoms with Crippen molar-refractivity contribution in [2.75, 3.05) is 19.5 Å². The fourth-order valence-corrected chi connectivity index (χ4v) is 3.41. The predicted octanol–water partition coefficient (Wildman–Crippen LogP) is 2.46. The molecular weight excluding hydrogens is 376 g/mol. The van der Waals surface area contributed by atoms with E-state index in [0.29, 0.717) is 28.3 Å². The molecule has 0 aromatic heterocycles. The first-order valence-corrected chi connectivity index (χ1v) is 9.05. The number of carbonyl (C=O) groups is 3. The van der Waals surface area contributed by atoms with Crippen molar-refractivity contribution < 1.29 is 29.0 Å². The molecule has 8 heteroatoms. The SMILES string of the molecule is COc1ccc([C@@H](CC(=O)O)NC(=O)[C@H]2CC(=O)Nc3ccccc32)cc1OC. The molecule has 0 radical (unpaired) electrons. The molecule has 0 unspecified atom stereocenters. The van der Waals surface area contributed by atoms with Crippen LogP contribution in [-0.2, 0) is 14.4 Å². The van der Waals surface area contributed by atoms with Crippen molar-refractivity contribution in [2.45, 2.75) is 24.8 Å². The molecule has 1 aliphatic heterocycles. The summed E-state index contributed by atoms with van der Waals surface area (Å²) in [5, 5.41) is 14.9. The topological polar surface area (TPSA) is 114 Å². The van der Waals surface area contributed by atoms with Gasteiger partial charge in [0, 0.05) is 12.1 Å². The van der Waals surface area contributed by atoms with E-state index in [1.807, 2.05) is 0 Å². The number of anilines is 1. The minimum atomic E-state index is -1.06. The number of amides is 2. The van der Waals surface area contributed by atoms with Crippen molar-refractivity contribution in [2.24, 2.45) is 0 Å². The maximum Gasteiger partial charge on any atom is 0.305 e. The second kappa shape index (κ2) is 8.64. The van der Waals surface area contributed by atoms with Gasteiger partial charge in [0.2, 0.25) is 11.8 Å². The molecule has 0 bridgehead atoms. The van der Waals surface area contributed by atoms with Crippen molar-refractivity contribution in [3.8, 4) is 11.5 Å². The number of ether oxygens (including phenoxy) is 2. The third kappa shape index (κ3) is 4.48. The van der Waals surface area contributed by atoms with E-state index >= 15 is 0 Å². The number of aliphatic carboxylic acids is 1. The summed E-state index contributed by atoms with van der Waals surface area (Å²) in [6.45, 7) is 0. The summed E-state index contributed by atoms with van der Waals surface area (Å²) >= 11 is 0. The highest BCUT2D eigenvalue weighted by atomic mass is 16.5. The van der Waals surface area contributed by atoms with E-state index in [-0.39, 0.29) is 18.7 Å². The number of methoxy groups -OCH3 is 2. The number of rotatable bonds is 7. The van der Waals surface area contributed by atoms with E-state index in [2.05, 4.69) is 10.6 Å². The van der Waals surface area contributed by atoms with E-state index in [0.717, 1.165) is 0 Å². The fourth-order valence-electron chi connectivity index (χ4n) is 3.41. The highest BCUT2D eigenvalue weighted by Gasteiger charge is 2.32. The van der Waals surface area contributed by atoms with E-state index in [4.69, 9.17) is 9.47 Å². The molecule has 3 rings (SSSR count). The molecule has 0 saturated heterocycles. The minimum absolute atomic E-state index is 0.00539. The number of nitrogens with one attached hydrogen (secondary N) is 2. The number of carboxylic acid groups (broad SMARTS) is 1. The van der Waals surface area contributed by atoms with Gasteiger partial charge in [0.05, 0.1) is 32.6 Å². The monoisotopic (exact) mass is 398 g/mol. The smallest absolute Gasteiger partial charge is 0.305 e. The normalized spacial score (nSPS) is 16.2. The Morgan fingerprint density at radius 1 is 1.17 bits per heavy atom. The summed E-state index contributed by atoms with van der Waals surface area (Å²) < 4.78 is 10.5. The van der Waals surface area contributed by atoms with Gasteiger partial charge >= 0.3 is 5.97 Å². The van der Waals surface area contributed by atoms with Gasteiger partial charge in [-0.25, -0.2) is 0 Å². The van der Waals surface area contributed by atoms with Crippen LogP contribution < -0.4 is 20.1 Å². The zero-order chi connectivity index (χ0) is 21.0. The quantitative estimate of drug-likeness (QED) is 0.660. The third-order valence-corrected chi connectivity index (χ3v) is 4.82. The van der Waals surface area contributed by atoms with Crippen molar-refractivity contribution in [3.63, 3.8) is 0 Å². The summed E-state index contributed by atoms with van der Waals surface area (Å²) in [7, 11) is 2.98. The van der Waals surface area contributed by atoms with Crippen LogP contribution in [0.15, 0.2) is 42.5 Å². The second-order valence-corrected chi connectivity index (χ2v) is 6.67. The van der Waals surface area contributed by atoms with Crippen LogP contribution in [0.4, 0.5) is 5.69 Å². The maximum atomic E-state index is 13.0. The Morgan fingerprint density at radius 3 is 2.59 bits per heavy atom. The molecule has 0 aliphatic carbocycles. The first-order chi connectivity index (χ1) is 13.9. The van der Waals surface area contributed by atoms with Gasteiger partial charge in [0.25, 0.3) is 0 Å². The summed E-state index contributed by atoms with van der Waals surface area (Å²) in [4.78, 5) is 36.4. The standard InChI is InChI=1S/C21H22N2O6/c1-28-17-8-7-12(9-18(17)29-2)16(11-20(25)26)23-21(27)14-10-19(24)22-15-6-4-3-5-13(14)15/h3-9,14,16H,10-11H2,1-2H3,(H,22,24)(H,23,27)(H,25,26)/t14-,16+/m0/s1. The number of carbonyl (C=O) groups excluding carboxylic acids is 2. The number of hydrogen-bond acceptors (Lipinski definition) is 5. The van der Waals surface area contributed by atoms with E-state index in [9.17, 15) is 19.5 Å². The molecule has 0 spiro atoms. The van der Waals surface area contributed by atoms with Crippen LogP contribution in [0.25, 0.3) is 0 Å². The van der Waals surface area contributed by atoms with E-state index in [1.54, 1.807) is 42.5 Å². The van der Waals surface area contributed by atoms with Gasteiger partial charge in [-0.2, -0.15) is 0 Å². The average Bonchev–Trinajstić information content (AvgIpc) is 2.71. The second-order valence-electron chi connectivity index (χ2n) is 6.67. The van der Waals surface area contributed by atoms with Crippen LogP contribution in [0, 0.1) is 0 Å². The summed E-state index contributed by atoms with van der Waals surface area (Å²) in [5.41, 5.74) is 1.85. The fraction of sp³-hybridized carbons (Fsp3) is 0.286. The molecule has 2 amide bonds. The lowest BCUT2D eigenvalue weighted by molar-refractivity contribution is -0.138. The lowest BCUT2D eigenvalue weighted by Crippen LogP contribution is -2.37. The Bertz CT molecular complexity index is 943.